The third-order valence-corrected chi connectivity index (χ3v) is 4.73. The molecule has 3 aromatic rings. The van der Waals surface area contributed by atoms with Crippen molar-refractivity contribution in [2.24, 2.45) is 13.0 Å². The van der Waals surface area contributed by atoms with Crippen molar-refractivity contribution in [2.45, 2.75) is 32.2 Å². The Morgan fingerprint density at radius 1 is 1.30 bits per heavy atom. The topological polar surface area (TPSA) is 77.8 Å². The Kier molecular flexibility index (Phi) is 5.00. The van der Waals surface area contributed by atoms with Gasteiger partial charge in [0.05, 0.1) is 12.8 Å². The molecule has 1 fully saturated rings. The van der Waals surface area contributed by atoms with Gasteiger partial charge in [0.1, 0.15) is 11.6 Å². The lowest BCUT2D eigenvalue weighted by Crippen LogP contribution is -2.08. The van der Waals surface area contributed by atoms with Gasteiger partial charge in [-0.3, -0.25) is 9.67 Å². The molecule has 0 spiro atoms. The third kappa shape index (κ3) is 4.42. The van der Waals surface area contributed by atoms with Crippen molar-refractivity contribution in [3.8, 4) is 5.88 Å². The van der Waals surface area contributed by atoms with Gasteiger partial charge in [-0.05, 0) is 18.6 Å². The lowest BCUT2D eigenvalue weighted by Gasteiger charge is -2.10. The molecule has 7 nitrogen and oxygen atoms in total. The molecule has 1 aliphatic carbocycles. The van der Waals surface area contributed by atoms with Gasteiger partial charge in [-0.1, -0.05) is 13.0 Å². The highest BCUT2D eigenvalue weighted by Crippen LogP contribution is 2.46. The van der Waals surface area contributed by atoms with Crippen LogP contribution in [0.25, 0.3) is 0 Å². The number of ether oxygens (including phenoxy) is 1. The van der Waals surface area contributed by atoms with Crippen LogP contribution in [0.5, 0.6) is 5.88 Å². The number of hydrogen-bond donors (Lipinski definition) is 1. The summed E-state index contributed by atoms with van der Waals surface area (Å²) in [6.07, 6.45) is 7.56. The first-order chi connectivity index (χ1) is 13.2. The minimum atomic E-state index is 0.502. The summed E-state index contributed by atoms with van der Waals surface area (Å²) in [6, 6.07) is 7.94. The van der Waals surface area contributed by atoms with Gasteiger partial charge in [0.2, 0.25) is 5.88 Å². The maximum absolute atomic E-state index is 5.99. The molecule has 140 valence electrons. The number of rotatable bonds is 8. The van der Waals surface area contributed by atoms with E-state index >= 15 is 0 Å². The van der Waals surface area contributed by atoms with E-state index in [-0.39, 0.29) is 0 Å². The van der Waals surface area contributed by atoms with Crippen LogP contribution in [0.4, 0.5) is 5.82 Å². The second kappa shape index (κ2) is 7.73. The summed E-state index contributed by atoms with van der Waals surface area (Å²) >= 11 is 0. The molecule has 27 heavy (non-hydrogen) atoms. The van der Waals surface area contributed by atoms with Gasteiger partial charge >= 0.3 is 0 Å². The average Bonchev–Trinajstić information content (AvgIpc) is 3.37. The van der Waals surface area contributed by atoms with Crippen LogP contribution in [-0.2, 0) is 20.0 Å². The summed E-state index contributed by atoms with van der Waals surface area (Å²) in [7, 11) is 1.91. The second-order valence-corrected chi connectivity index (χ2v) is 6.90. The summed E-state index contributed by atoms with van der Waals surface area (Å²) < 4.78 is 7.77. The number of aryl methyl sites for hydroxylation is 2. The zero-order valence-corrected chi connectivity index (χ0v) is 15.7. The number of nitrogens with one attached hydrogen (secondary N) is 1. The molecule has 0 saturated heterocycles. The first-order valence-electron chi connectivity index (χ1n) is 9.34. The maximum atomic E-state index is 5.99. The van der Waals surface area contributed by atoms with Crippen LogP contribution in [0.1, 0.15) is 36.3 Å². The molecule has 0 aliphatic heterocycles. The number of nitrogens with zero attached hydrogens (tertiary/aromatic N) is 5. The Morgan fingerprint density at radius 3 is 2.96 bits per heavy atom. The lowest BCUT2D eigenvalue weighted by molar-refractivity contribution is 0.284. The van der Waals surface area contributed by atoms with E-state index in [0.29, 0.717) is 30.9 Å². The zero-order chi connectivity index (χ0) is 18.6. The van der Waals surface area contributed by atoms with Crippen molar-refractivity contribution >= 4 is 5.82 Å². The normalized spacial score (nSPS) is 18.3. The van der Waals surface area contributed by atoms with Crippen LogP contribution < -0.4 is 10.1 Å². The van der Waals surface area contributed by atoms with Gasteiger partial charge in [0.15, 0.2) is 0 Å². The van der Waals surface area contributed by atoms with Crippen LogP contribution in [0.3, 0.4) is 0 Å². The van der Waals surface area contributed by atoms with Crippen molar-refractivity contribution < 1.29 is 4.74 Å². The molecule has 0 bridgehead atoms. The Labute approximate surface area is 158 Å². The van der Waals surface area contributed by atoms with E-state index < -0.39 is 0 Å². The highest BCUT2D eigenvalue weighted by Gasteiger charge is 2.39. The van der Waals surface area contributed by atoms with Gasteiger partial charge in [0, 0.05) is 61.6 Å². The zero-order valence-electron chi connectivity index (χ0n) is 15.7. The number of pyridine rings is 1. The van der Waals surface area contributed by atoms with Crippen molar-refractivity contribution in [2.75, 3.05) is 11.9 Å². The predicted molar refractivity (Wildman–Crippen MR) is 103 cm³/mol. The van der Waals surface area contributed by atoms with E-state index in [9.17, 15) is 0 Å². The molecule has 1 N–H and O–H groups in total. The number of hydrogen-bond acceptors (Lipinski definition) is 6. The monoisotopic (exact) mass is 364 g/mol. The van der Waals surface area contributed by atoms with Crippen molar-refractivity contribution in [1.82, 2.24) is 24.7 Å². The van der Waals surface area contributed by atoms with Crippen molar-refractivity contribution in [3.63, 3.8) is 0 Å². The van der Waals surface area contributed by atoms with Gasteiger partial charge < -0.3 is 10.1 Å². The molecule has 3 aromatic heterocycles. The molecule has 7 heteroatoms. The van der Waals surface area contributed by atoms with Gasteiger partial charge in [-0.15, -0.1) is 0 Å². The molecular weight excluding hydrogens is 340 g/mol. The summed E-state index contributed by atoms with van der Waals surface area (Å²) in [5, 5.41) is 7.51. The molecule has 0 amide bonds. The second-order valence-electron chi connectivity index (χ2n) is 6.90. The van der Waals surface area contributed by atoms with E-state index in [1.165, 1.54) is 0 Å². The smallest absolute Gasteiger partial charge is 0.218 e. The fourth-order valence-corrected chi connectivity index (χ4v) is 3.13. The first-order valence-corrected chi connectivity index (χ1v) is 9.34. The highest BCUT2D eigenvalue weighted by atomic mass is 16.5. The summed E-state index contributed by atoms with van der Waals surface area (Å²) in [5.74, 6) is 3.19. The molecule has 2 atom stereocenters. The minimum Gasteiger partial charge on any atom is -0.477 e. The van der Waals surface area contributed by atoms with Crippen LogP contribution in [0.2, 0.25) is 0 Å². The fourth-order valence-electron chi connectivity index (χ4n) is 3.13. The van der Waals surface area contributed by atoms with Crippen LogP contribution in [-0.4, -0.2) is 31.3 Å². The number of aromatic nitrogens is 5. The predicted octanol–water partition coefficient (Wildman–Crippen LogP) is 2.96. The van der Waals surface area contributed by atoms with Crippen LogP contribution in [0, 0.1) is 5.92 Å². The van der Waals surface area contributed by atoms with E-state index in [0.717, 1.165) is 35.7 Å². The largest absolute Gasteiger partial charge is 0.477 e. The maximum Gasteiger partial charge on any atom is 0.218 e. The average molecular weight is 364 g/mol. The molecule has 0 aromatic carbocycles. The Morgan fingerprint density at radius 2 is 2.22 bits per heavy atom. The molecule has 1 saturated carbocycles. The SMILES string of the molecule is CCc1nc(NCc2cnn(C)c2)cc(OCC2CC2c2ccccn2)n1. The molecule has 1 aliphatic rings. The van der Waals surface area contributed by atoms with Crippen LogP contribution in [0.15, 0.2) is 42.9 Å². The summed E-state index contributed by atoms with van der Waals surface area (Å²) in [5.41, 5.74) is 2.26. The van der Waals surface area contributed by atoms with Crippen molar-refractivity contribution in [1.29, 1.82) is 0 Å². The quantitative estimate of drug-likeness (QED) is 0.662. The Balaban J connectivity index is 1.36. The number of anilines is 1. The lowest BCUT2D eigenvalue weighted by atomic mass is 10.2. The molecule has 4 rings (SSSR count). The van der Waals surface area contributed by atoms with E-state index in [2.05, 4.69) is 31.4 Å². The van der Waals surface area contributed by atoms with E-state index in [1.54, 1.807) is 4.68 Å². The standard InChI is InChI=1S/C20H24N6O/c1-3-18-24-19(22-10-14-11-23-26(2)12-14)9-20(25-18)27-13-15-8-16(15)17-6-4-5-7-21-17/h4-7,9,11-12,15-16H,3,8,10,13H2,1-2H3,(H,22,24,25). The van der Waals surface area contributed by atoms with Gasteiger partial charge in [-0.2, -0.15) is 10.1 Å². The fraction of sp³-hybridized carbons (Fsp3) is 0.400. The molecule has 3 heterocycles. The van der Waals surface area contributed by atoms with E-state index in [4.69, 9.17) is 4.74 Å². The van der Waals surface area contributed by atoms with Gasteiger partial charge in [0.25, 0.3) is 0 Å². The summed E-state index contributed by atoms with van der Waals surface area (Å²) in [4.78, 5) is 13.5. The highest BCUT2D eigenvalue weighted by molar-refractivity contribution is 5.39. The molecule has 2 unspecified atom stereocenters. The molecular formula is C20H24N6O. The minimum absolute atomic E-state index is 0.502. The summed E-state index contributed by atoms with van der Waals surface area (Å²) in [6.45, 7) is 3.36. The van der Waals surface area contributed by atoms with Gasteiger partial charge in [-0.25, -0.2) is 4.98 Å². The van der Waals surface area contributed by atoms with E-state index in [1.807, 2.05) is 50.8 Å². The molecule has 0 radical (unpaired) electrons. The van der Waals surface area contributed by atoms with Crippen LogP contribution >= 0.6 is 0 Å². The van der Waals surface area contributed by atoms with Crippen molar-refractivity contribution in [3.05, 3.63) is 59.9 Å². The Hall–Kier alpha value is -2.96. The third-order valence-electron chi connectivity index (χ3n) is 4.73. The first kappa shape index (κ1) is 17.5. The Bertz CT molecular complexity index is 894.